The van der Waals surface area contributed by atoms with Gasteiger partial charge in [-0.2, -0.15) is 5.26 Å². The molecule has 0 heterocycles. The first-order valence-corrected chi connectivity index (χ1v) is 5.06. The quantitative estimate of drug-likeness (QED) is 0.476. The van der Waals surface area contributed by atoms with E-state index in [4.69, 9.17) is 15.7 Å². The number of nitriles is 1. The van der Waals surface area contributed by atoms with Crippen LogP contribution in [-0.4, -0.2) is 12.6 Å². The SMILES string of the molecule is Cc1c(N)cccc1C(=O)OCCCC#N. The first kappa shape index (κ1) is 12.1. The number of carbonyl (C=O) groups excluding carboxylic acids is 1. The Hall–Kier alpha value is -2.02. The molecule has 0 aliphatic carbocycles. The average Bonchev–Trinajstić information content (AvgIpc) is 2.28. The fraction of sp³-hybridized carbons (Fsp3) is 0.333. The topological polar surface area (TPSA) is 76.1 Å². The summed E-state index contributed by atoms with van der Waals surface area (Å²) in [6, 6.07) is 7.12. The van der Waals surface area contributed by atoms with Crippen molar-refractivity contribution in [1.82, 2.24) is 0 Å². The molecule has 0 unspecified atom stereocenters. The number of nitrogens with two attached hydrogens (primary N) is 1. The van der Waals surface area contributed by atoms with Crippen molar-refractivity contribution in [3.63, 3.8) is 0 Å². The minimum Gasteiger partial charge on any atom is -0.462 e. The monoisotopic (exact) mass is 218 g/mol. The average molecular weight is 218 g/mol. The molecule has 0 radical (unpaired) electrons. The van der Waals surface area contributed by atoms with Gasteiger partial charge in [0, 0.05) is 12.1 Å². The van der Waals surface area contributed by atoms with Crippen molar-refractivity contribution in [3.05, 3.63) is 29.3 Å². The van der Waals surface area contributed by atoms with Crippen molar-refractivity contribution in [3.8, 4) is 6.07 Å². The molecule has 0 amide bonds. The summed E-state index contributed by atoms with van der Waals surface area (Å²) in [5.74, 6) is -0.386. The molecule has 1 rings (SSSR count). The highest BCUT2D eigenvalue weighted by atomic mass is 16.5. The molecule has 0 saturated heterocycles. The number of nitrogen functional groups attached to an aromatic ring is 1. The van der Waals surface area contributed by atoms with Gasteiger partial charge in [-0.3, -0.25) is 0 Å². The number of hydrogen-bond acceptors (Lipinski definition) is 4. The first-order chi connectivity index (χ1) is 7.66. The fourth-order valence-corrected chi connectivity index (χ4v) is 1.27. The molecule has 0 aromatic heterocycles. The standard InChI is InChI=1S/C12H14N2O2/c1-9-10(5-4-6-11(9)14)12(15)16-8-3-2-7-13/h4-6H,2-3,8,14H2,1H3. The molecule has 4 heteroatoms. The fourth-order valence-electron chi connectivity index (χ4n) is 1.27. The minimum atomic E-state index is -0.386. The molecule has 4 nitrogen and oxygen atoms in total. The number of nitrogens with zero attached hydrogens (tertiary/aromatic N) is 1. The number of hydrogen-bond donors (Lipinski definition) is 1. The van der Waals surface area contributed by atoms with Crippen LogP contribution in [0, 0.1) is 18.3 Å². The molecule has 0 aliphatic rings. The molecule has 0 spiro atoms. The predicted octanol–water partition coefficient (Wildman–Crippen LogP) is 2.04. The van der Waals surface area contributed by atoms with E-state index in [1.165, 1.54) is 0 Å². The lowest BCUT2D eigenvalue weighted by Crippen LogP contribution is -2.09. The second kappa shape index (κ2) is 5.76. The summed E-state index contributed by atoms with van der Waals surface area (Å²) in [6.45, 7) is 2.04. The number of carbonyl (C=O) groups is 1. The maximum absolute atomic E-state index is 11.6. The Morgan fingerprint density at radius 2 is 2.31 bits per heavy atom. The lowest BCUT2D eigenvalue weighted by molar-refractivity contribution is 0.0501. The smallest absolute Gasteiger partial charge is 0.338 e. The molecule has 1 aromatic rings. The molecular formula is C12H14N2O2. The maximum atomic E-state index is 11.6. The molecule has 84 valence electrons. The van der Waals surface area contributed by atoms with Gasteiger partial charge in [-0.25, -0.2) is 4.79 Å². The van der Waals surface area contributed by atoms with Gasteiger partial charge < -0.3 is 10.5 Å². The lowest BCUT2D eigenvalue weighted by Gasteiger charge is -2.07. The summed E-state index contributed by atoms with van der Waals surface area (Å²) in [6.07, 6.45) is 0.951. The summed E-state index contributed by atoms with van der Waals surface area (Å²) in [4.78, 5) is 11.6. The minimum absolute atomic E-state index is 0.265. The Labute approximate surface area is 94.6 Å². The van der Waals surface area contributed by atoms with Crippen LogP contribution in [0.3, 0.4) is 0 Å². The van der Waals surface area contributed by atoms with E-state index in [-0.39, 0.29) is 12.6 Å². The summed E-state index contributed by atoms with van der Waals surface area (Å²) < 4.78 is 5.02. The molecule has 0 bridgehead atoms. The van der Waals surface area contributed by atoms with Crippen LogP contribution in [0.4, 0.5) is 5.69 Å². The van der Waals surface area contributed by atoms with E-state index in [0.717, 1.165) is 5.56 Å². The number of anilines is 1. The highest BCUT2D eigenvalue weighted by molar-refractivity contribution is 5.92. The number of esters is 1. The van der Waals surface area contributed by atoms with E-state index < -0.39 is 0 Å². The Bertz CT molecular complexity index is 422. The van der Waals surface area contributed by atoms with E-state index in [2.05, 4.69) is 0 Å². The highest BCUT2D eigenvalue weighted by Crippen LogP contribution is 2.16. The second-order valence-corrected chi connectivity index (χ2v) is 3.42. The van der Waals surface area contributed by atoms with Gasteiger partial charge in [0.05, 0.1) is 18.2 Å². The van der Waals surface area contributed by atoms with Crippen LogP contribution in [0.5, 0.6) is 0 Å². The summed E-state index contributed by atoms with van der Waals surface area (Å²) in [7, 11) is 0. The van der Waals surface area contributed by atoms with Gasteiger partial charge >= 0.3 is 5.97 Å². The molecule has 0 aliphatic heterocycles. The van der Waals surface area contributed by atoms with Gasteiger partial charge in [0.2, 0.25) is 0 Å². The van der Waals surface area contributed by atoms with Crippen LogP contribution in [0.2, 0.25) is 0 Å². The number of rotatable bonds is 4. The number of ether oxygens (including phenoxy) is 1. The Balaban J connectivity index is 2.60. The van der Waals surface area contributed by atoms with Gasteiger partial charge in [0.15, 0.2) is 0 Å². The third-order valence-electron chi connectivity index (χ3n) is 2.26. The molecule has 0 atom stereocenters. The van der Waals surface area contributed by atoms with Crippen LogP contribution in [0.1, 0.15) is 28.8 Å². The summed E-state index contributed by atoms with van der Waals surface area (Å²) >= 11 is 0. The van der Waals surface area contributed by atoms with Gasteiger partial charge in [0.1, 0.15) is 0 Å². The number of unbranched alkanes of at least 4 members (excludes halogenated alkanes) is 1. The predicted molar refractivity (Wildman–Crippen MR) is 60.7 cm³/mol. The Kier molecular flexibility index (Phi) is 4.34. The van der Waals surface area contributed by atoms with Crippen molar-refractivity contribution in [2.24, 2.45) is 0 Å². The molecule has 0 fully saturated rings. The van der Waals surface area contributed by atoms with Crippen molar-refractivity contribution in [2.45, 2.75) is 19.8 Å². The molecular weight excluding hydrogens is 204 g/mol. The molecule has 0 saturated carbocycles. The van der Waals surface area contributed by atoms with Crippen molar-refractivity contribution >= 4 is 11.7 Å². The largest absolute Gasteiger partial charge is 0.462 e. The van der Waals surface area contributed by atoms with E-state index in [1.807, 2.05) is 6.07 Å². The zero-order chi connectivity index (χ0) is 12.0. The van der Waals surface area contributed by atoms with Crippen LogP contribution < -0.4 is 5.73 Å². The van der Waals surface area contributed by atoms with Crippen molar-refractivity contribution < 1.29 is 9.53 Å². The van der Waals surface area contributed by atoms with Crippen LogP contribution in [0.25, 0.3) is 0 Å². The normalized spacial score (nSPS) is 9.50. The van der Waals surface area contributed by atoms with Crippen LogP contribution in [0.15, 0.2) is 18.2 Å². The first-order valence-electron chi connectivity index (χ1n) is 5.06. The van der Waals surface area contributed by atoms with E-state index >= 15 is 0 Å². The third kappa shape index (κ3) is 2.99. The molecule has 16 heavy (non-hydrogen) atoms. The van der Waals surface area contributed by atoms with E-state index in [0.29, 0.717) is 24.1 Å². The van der Waals surface area contributed by atoms with Crippen LogP contribution >= 0.6 is 0 Å². The highest BCUT2D eigenvalue weighted by Gasteiger charge is 2.11. The zero-order valence-electron chi connectivity index (χ0n) is 9.19. The van der Waals surface area contributed by atoms with Gasteiger partial charge in [-0.05, 0) is 31.0 Å². The van der Waals surface area contributed by atoms with Crippen LogP contribution in [-0.2, 0) is 4.74 Å². The van der Waals surface area contributed by atoms with E-state index in [1.54, 1.807) is 25.1 Å². The Morgan fingerprint density at radius 3 is 3.00 bits per heavy atom. The second-order valence-electron chi connectivity index (χ2n) is 3.42. The lowest BCUT2D eigenvalue weighted by atomic mass is 10.1. The number of benzene rings is 1. The van der Waals surface area contributed by atoms with Crippen molar-refractivity contribution in [2.75, 3.05) is 12.3 Å². The van der Waals surface area contributed by atoms with Crippen molar-refractivity contribution in [1.29, 1.82) is 5.26 Å². The summed E-state index contributed by atoms with van der Waals surface area (Å²) in [5, 5.41) is 8.32. The Morgan fingerprint density at radius 1 is 1.56 bits per heavy atom. The van der Waals surface area contributed by atoms with Gasteiger partial charge in [-0.1, -0.05) is 6.07 Å². The third-order valence-corrected chi connectivity index (χ3v) is 2.26. The zero-order valence-corrected chi connectivity index (χ0v) is 9.19. The molecule has 2 N–H and O–H groups in total. The maximum Gasteiger partial charge on any atom is 0.338 e. The van der Waals surface area contributed by atoms with Gasteiger partial charge in [0.25, 0.3) is 0 Å². The van der Waals surface area contributed by atoms with Gasteiger partial charge in [-0.15, -0.1) is 0 Å². The summed E-state index contributed by atoms with van der Waals surface area (Å²) in [5.41, 5.74) is 7.47. The van der Waals surface area contributed by atoms with E-state index in [9.17, 15) is 4.79 Å². The molecule has 1 aromatic carbocycles.